The molecule has 4 unspecified atom stereocenters. The van der Waals surface area contributed by atoms with Gasteiger partial charge in [-0.2, -0.15) is 0 Å². The Bertz CT molecular complexity index is 369. The highest BCUT2D eigenvalue weighted by Crippen LogP contribution is 2.10. The monoisotopic (exact) mass is 440 g/mol. The summed E-state index contributed by atoms with van der Waals surface area (Å²) >= 11 is 3.20. The van der Waals surface area contributed by atoms with E-state index < -0.39 is 26.6 Å². The second-order valence-electron chi connectivity index (χ2n) is 7.66. The molecule has 0 aliphatic carbocycles. The number of esters is 1. The van der Waals surface area contributed by atoms with Crippen LogP contribution in [0, 0.1) is 0 Å². The fourth-order valence-corrected chi connectivity index (χ4v) is 3.27. The molecule has 0 aliphatic heterocycles. The molecule has 0 radical (unpaired) electrons. The lowest BCUT2D eigenvalue weighted by Crippen LogP contribution is -2.55. The second-order valence-corrected chi connectivity index (χ2v) is 13.9. The van der Waals surface area contributed by atoms with Crippen molar-refractivity contribution in [3.05, 3.63) is 0 Å². The molecule has 0 fully saturated rings. The lowest BCUT2D eigenvalue weighted by Gasteiger charge is -2.29. The summed E-state index contributed by atoms with van der Waals surface area (Å²) in [5.41, 5.74) is 0. The molecule has 0 aromatic rings. The maximum atomic E-state index is 12.4. The first-order chi connectivity index (χ1) is 11.6. The van der Waals surface area contributed by atoms with Crippen molar-refractivity contribution in [1.29, 1.82) is 0 Å². The lowest BCUT2D eigenvalue weighted by molar-refractivity contribution is -0.147. The van der Waals surface area contributed by atoms with Crippen LogP contribution < -0.4 is 10.6 Å². The highest BCUT2D eigenvalue weighted by Gasteiger charge is 2.27. The Labute approximate surface area is 162 Å². The van der Waals surface area contributed by atoms with E-state index in [0.29, 0.717) is 24.8 Å². The van der Waals surface area contributed by atoms with Crippen LogP contribution in [0.4, 0.5) is 0 Å². The zero-order valence-electron chi connectivity index (χ0n) is 16.3. The largest absolute Gasteiger partial charge is 0.465 e. The number of halogens is 1. The summed E-state index contributed by atoms with van der Waals surface area (Å²) in [6, 6.07) is 0.0491. The van der Waals surface area contributed by atoms with Crippen LogP contribution in [-0.4, -0.2) is 60.7 Å². The van der Waals surface area contributed by atoms with Gasteiger partial charge in [-0.05, 0) is 18.9 Å². The van der Waals surface area contributed by atoms with E-state index in [9.17, 15) is 15.0 Å². The third-order valence-electron chi connectivity index (χ3n) is 3.86. The maximum Gasteiger partial charge on any atom is 0.323 e. The van der Waals surface area contributed by atoms with Crippen LogP contribution in [0.1, 0.15) is 39.5 Å². The van der Waals surface area contributed by atoms with Gasteiger partial charge in [0.1, 0.15) is 18.5 Å². The topological polar surface area (TPSA) is 90.8 Å². The number of carbonyl (C=O) groups excluding carboxylic acids is 1. The van der Waals surface area contributed by atoms with Gasteiger partial charge in [-0.1, -0.05) is 62.3 Å². The number of rotatable bonds is 14. The van der Waals surface area contributed by atoms with E-state index in [4.69, 9.17) is 4.74 Å². The average Bonchev–Trinajstić information content (AvgIpc) is 2.52. The summed E-state index contributed by atoms with van der Waals surface area (Å²) < 4.78 is 5.42. The highest BCUT2D eigenvalue weighted by atomic mass is 79.9. The van der Waals surface area contributed by atoms with E-state index in [1.54, 1.807) is 0 Å². The predicted molar refractivity (Wildman–Crippen MR) is 109 cm³/mol. The van der Waals surface area contributed by atoms with Gasteiger partial charge in [0.05, 0.1) is 6.61 Å². The van der Waals surface area contributed by atoms with Crippen LogP contribution in [0.15, 0.2) is 0 Å². The molecule has 0 aliphatic rings. The number of carbonyl (C=O) groups is 1. The molecule has 0 amide bonds. The first kappa shape index (κ1) is 25.0. The Morgan fingerprint density at radius 3 is 2.20 bits per heavy atom. The molecule has 4 N–H and O–H groups in total. The first-order valence-corrected chi connectivity index (χ1v) is 14.1. The quantitative estimate of drug-likeness (QED) is 0.143. The normalized spacial score (nSPS) is 17.0. The van der Waals surface area contributed by atoms with Crippen molar-refractivity contribution in [1.82, 2.24) is 10.6 Å². The summed E-state index contributed by atoms with van der Waals surface area (Å²) in [4.78, 5) is 12.4. The number of aliphatic hydroxyl groups is 2. The van der Waals surface area contributed by atoms with Crippen molar-refractivity contribution in [3.63, 3.8) is 0 Å². The summed E-state index contributed by atoms with van der Waals surface area (Å²) in [6.07, 6.45) is 1.26. The van der Waals surface area contributed by atoms with E-state index in [1.807, 2.05) is 13.8 Å². The number of alkyl halides is 1. The molecule has 0 saturated heterocycles. The molecule has 6 nitrogen and oxygen atoms in total. The zero-order chi connectivity index (χ0) is 19.5. The van der Waals surface area contributed by atoms with Crippen molar-refractivity contribution in [2.75, 3.05) is 11.9 Å². The molecule has 0 spiro atoms. The Morgan fingerprint density at radius 1 is 1.12 bits per heavy atom. The molecule has 0 heterocycles. The minimum Gasteiger partial charge on any atom is -0.465 e. The van der Waals surface area contributed by atoms with Crippen molar-refractivity contribution in [2.24, 2.45) is 0 Å². The van der Waals surface area contributed by atoms with Gasteiger partial charge >= 0.3 is 5.97 Å². The highest BCUT2D eigenvalue weighted by molar-refractivity contribution is 9.09. The number of nitrogens with one attached hydrogen (secondary N) is 2. The number of hydrogen-bond donors (Lipinski definition) is 4. The SMILES string of the molecule is CCCC(NC(O)C(CCC)NC(O)CBr)C(=O)OCC[Si](C)(C)C. The standard InChI is InChI=1S/C17H37BrN2O4Si/c1-6-8-13(19-15(21)12-18)16(22)20-14(9-7-2)17(23)24-10-11-25(3,4)5/h13-16,19-22H,6-12H2,1-5H3. The smallest absolute Gasteiger partial charge is 0.323 e. The Morgan fingerprint density at radius 2 is 1.72 bits per heavy atom. The van der Waals surface area contributed by atoms with Crippen LogP contribution in [-0.2, 0) is 9.53 Å². The van der Waals surface area contributed by atoms with E-state index in [2.05, 4.69) is 46.2 Å². The Kier molecular flexibility index (Phi) is 13.2. The lowest BCUT2D eigenvalue weighted by atomic mass is 10.1. The van der Waals surface area contributed by atoms with E-state index in [-0.39, 0.29) is 12.0 Å². The number of ether oxygens (including phenoxy) is 1. The molecule has 4 atom stereocenters. The van der Waals surface area contributed by atoms with Crippen molar-refractivity contribution >= 4 is 30.0 Å². The molecule has 0 rings (SSSR count). The van der Waals surface area contributed by atoms with Crippen molar-refractivity contribution in [3.8, 4) is 0 Å². The molecule has 150 valence electrons. The molecule has 8 heteroatoms. The third-order valence-corrected chi connectivity index (χ3v) is 6.18. The van der Waals surface area contributed by atoms with E-state index in [0.717, 1.165) is 18.9 Å². The van der Waals surface area contributed by atoms with Crippen LogP contribution >= 0.6 is 15.9 Å². The van der Waals surface area contributed by atoms with Gasteiger partial charge in [-0.3, -0.25) is 15.4 Å². The van der Waals surface area contributed by atoms with Gasteiger partial charge in [0.15, 0.2) is 0 Å². The molecular weight excluding hydrogens is 404 g/mol. The number of aliphatic hydroxyl groups excluding tert-OH is 2. The summed E-state index contributed by atoms with van der Waals surface area (Å²) in [5.74, 6) is -0.310. The molecule has 25 heavy (non-hydrogen) atoms. The van der Waals surface area contributed by atoms with Gasteiger partial charge in [0.25, 0.3) is 0 Å². The van der Waals surface area contributed by atoms with Crippen LogP contribution in [0.2, 0.25) is 25.7 Å². The second kappa shape index (κ2) is 13.2. The van der Waals surface area contributed by atoms with Crippen molar-refractivity contribution in [2.45, 2.75) is 89.8 Å². The van der Waals surface area contributed by atoms with Crippen LogP contribution in [0.5, 0.6) is 0 Å². The van der Waals surface area contributed by atoms with Crippen molar-refractivity contribution < 1.29 is 19.7 Å². The molecule has 0 aromatic heterocycles. The molecule has 0 bridgehead atoms. The molecule has 0 saturated carbocycles. The minimum absolute atomic E-state index is 0.310. The maximum absolute atomic E-state index is 12.4. The fourth-order valence-electron chi connectivity index (χ4n) is 2.37. The van der Waals surface area contributed by atoms with Gasteiger partial charge in [0, 0.05) is 19.4 Å². The summed E-state index contributed by atoms with van der Waals surface area (Å²) in [7, 11) is -1.25. The van der Waals surface area contributed by atoms with Gasteiger partial charge in [-0.15, -0.1) is 0 Å². The van der Waals surface area contributed by atoms with Crippen LogP contribution in [0.25, 0.3) is 0 Å². The van der Waals surface area contributed by atoms with E-state index >= 15 is 0 Å². The average molecular weight is 441 g/mol. The Hall–Kier alpha value is 0.00688. The minimum atomic E-state index is -1.25. The summed E-state index contributed by atoms with van der Waals surface area (Å²) in [6.45, 7) is 11.2. The van der Waals surface area contributed by atoms with Gasteiger partial charge in [0.2, 0.25) is 0 Å². The summed E-state index contributed by atoms with van der Waals surface area (Å²) in [5, 5.41) is 26.6. The van der Waals surface area contributed by atoms with Gasteiger partial charge in [-0.25, -0.2) is 0 Å². The predicted octanol–water partition coefficient (Wildman–Crippen LogP) is 2.42. The third kappa shape index (κ3) is 12.1. The van der Waals surface area contributed by atoms with E-state index in [1.165, 1.54) is 0 Å². The number of hydrogen-bond acceptors (Lipinski definition) is 6. The molecular formula is C17H37BrN2O4Si. The van der Waals surface area contributed by atoms with Gasteiger partial charge < -0.3 is 14.9 Å². The first-order valence-electron chi connectivity index (χ1n) is 9.25. The zero-order valence-corrected chi connectivity index (χ0v) is 18.9. The Balaban J connectivity index is 4.69. The molecule has 0 aromatic carbocycles. The fraction of sp³-hybridized carbons (Fsp3) is 0.941. The van der Waals surface area contributed by atoms with Crippen LogP contribution in [0.3, 0.4) is 0 Å².